The van der Waals surface area contributed by atoms with Crippen molar-refractivity contribution >= 4 is 0 Å². The lowest BCUT2D eigenvalue weighted by Gasteiger charge is -2.43. The Balaban J connectivity index is 3.55. The number of alkyl halides is 17. The Bertz CT molecular complexity index is 961. The van der Waals surface area contributed by atoms with E-state index < -0.39 is 65.2 Å². The first-order valence-corrected chi connectivity index (χ1v) is 10.0. The van der Waals surface area contributed by atoms with Crippen LogP contribution in [0.3, 0.4) is 0 Å². The van der Waals surface area contributed by atoms with Crippen molar-refractivity contribution in [1.82, 2.24) is 0 Å². The van der Waals surface area contributed by atoms with Crippen LogP contribution in [0.5, 0.6) is 0 Å². The molecule has 0 spiro atoms. The van der Waals surface area contributed by atoms with Crippen LogP contribution in [0.2, 0.25) is 0 Å². The summed E-state index contributed by atoms with van der Waals surface area (Å²) in [6, 6.07) is 3.94. The predicted octanol–water partition coefficient (Wildman–Crippen LogP) is 8.25. The molecule has 0 fully saturated rings. The van der Waals surface area contributed by atoms with Crippen LogP contribution < -0.4 is 0 Å². The van der Waals surface area contributed by atoms with Crippen LogP contribution in [-0.2, 0) is 12.0 Å². The summed E-state index contributed by atoms with van der Waals surface area (Å²) in [5.41, 5.74) is -3.53. The minimum atomic E-state index is -8.68. The molecule has 1 atom stereocenters. The Labute approximate surface area is 202 Å². The third kappa shape index (κ3) is 5.00. The van der Waals surface area contributed by atoms with Crippen molar-refractivity contribution < 1.29 is 79.7 Å². The summed E-state index contributed by atoms with van der Waals surface area (Å²) in [5.74, 6) is -57.0. The summed E-state index contributed by atoms with van der Waals surface area (Å²) < 4.78 is 227. The zero-order valence-electron chi connectivity index (χ0n) is 18.8. The standard InChI is InChI=1S/C20H17F17O/c1-3-4-10-5-7-11(8-6-10)12(2,38)9-13(21,22)14(23,24)15(25,26)16(27,28)17(29,30)18(31,32)19(33,34)20(35,36)37/h5-8,38H,3-4,9H2,1-2H3. The second-order valence-corrected chi connectivity index (χ2v) is 8.55. The van der Waals surface area contributed by atoms with Gasteiger partial charge in [-0.15, -0.1) is 0 Å². The van der Waals surface area contributed by atoms with E-state index in [4.69, 9.17) is 0 Å². The lowest BCUT2D eigenvalue weighted by atomic mass is 9.83. The van der Waals surface area contributed by atoms with E-state index in [-0.39, 0.29) is 6.92 Å². The summed E-state index contributed by atoms with van der Waals surface area (Å²) in [4.78, 5) is 0. The fourth-order valence-corrected chi connectivity index (χ4v) is 3.16. The van der Waals surface area contributed by atoms with Crippen LogP contribution in [0.4, 0.5) is 74.6 Å². The summed E-state index contributed by atoms with van der Waals surface area (Å²) in [6.07, 6.45) is -9.83. The van der Waals surface area contributed by atoms with Crippen molar-refractivity contribution in [1.29, 1.82) is 0 Å². The lowest BCUT2D eigenvalue weighted by Crippen LogP contribution is -2.74. The third-order valence-electron chi connectivity index (χ3n) is 5.47. The SMILES string of the molecule is CCCc1ccc(C(C)(O)CC(F)(F)C(F)(F)C(F)(F)C(F)(F)C(F)(F)C(F)(F)C(F)(F)C(F)(F)F)cc1. The third-order valence-corrected chi connectivity index (χ3v) is 5.47. The molecule has 1 aromatic rings. The van der Waals surface area contributed by atoms with Crippen molar-refractivity contribution in [2.24, 2.45) is 0 Å². The first-order valence-electron chi connectivity index (χ1n) is 10.0. The minimum absolute atomic E-state index is 0.273. The smallest absolute Gasteiger partial charge is 0.385 e. The van der Waals surface area contributed by atoms with Crippen LogP contribution in [0.15, 0.2) is 24.3 Å². The van der Waals surface area contributed by atoms with Gasteiger partial charge in [0.15, 0.2) is 0 Å². The van der Waals surface area contributed by atoms with Gasteiger partial charge in [0.05, 0.1) is 12.0 Å². The van der Waals surface area contributed by atoms with Gasteiger partial charge in [0.2, 0.25) is 0 Å². The van der Waals surface area contributed by atoms with Crippen LogP contribution in [0, 0.1) is 0 Å². The van der Waals surface area contributed by atoms with Crippen molar-refractivity contribution in [3.05, 3.63) is 35.4 Å². The van der Waals surface area contributed by atoms with Gasteiger partial charge < -0.3 is 5.11 Å². The lowest BCUT2D eigenvalue weighted by molar-refractivity contribution is -0.462. The summed E-state index contributed by atoms with van der Waals surface area (Å²) in [7, 11) is 0. The fourth-order valence-electron chi connectivity index (χ4n) is 3.16. The molecule has 0 heterocycles. The maximum Gasteiger partial charge on any atom is 0.460 e. The second kappa shape index (κ2) is 9.57. The van der Waals surface area contributed by atoms with E-state index in [2.05, 4.69) is 0 Å². The van der Waals surface area contributed by atoms with E-state index in [1.165, 1.54) is 0 Å². The Morgan fingerprint density at radius 3 is 1.24 bits per heavy atom. The molecule has 0 aliphatic carbocycles. The number of aliphatic hydroxyl groups is 1. The number of hydrogen-bond donors (Lipinski definition) is 1. The highest BCUT2D eigenvalue weighted by atomic mass is 19.4. The molecule has 0 bridgehead atoms. The van der Waals surface area contributed by atoms with Gasteiger partial charge in [0.25, 0.3) is 0 Å². The number of hydrogen-bond acceptors (Lipinski definition) is 1. The molecule has 18 heteroatoms. The van der Waals surface area contributed by atoms with Gasteiger partial charge in [-0.1, -0.05) is 37.6 Å². The summed E-state index contributed by atoms with van der Waals surface area (Å²) in [5, 5.41) is 10.1. The molecular formula is C20H17F17O. The molecule has 222 valence electrons. The van der Waals surface area contributed by atoms with E-state index in [0.29, 0.717) is 18.4 Å². The van der Waals surface area contributed by atoms with Crippen LogP contribution in [0.1, 0.15) is 37.8 Å². The zero-order chi connectivity index (χ0) is 30.6. The molecule has 0 aromatic heterocycles. The highest BCUT2D eigenvalue weighted by molar-refractivity contribution is 5.28. The maximum atomic E-state index is 14.2. The topological polar surface area (TPSA) is 20.2 Å². The quantitative estimate of drug-likeness (QED) is 0.255. The van der Waals surface area contributed by atoms with Gasteiger partial charge in [-0.25, -0.2) is 0 Å². The van der Waals surface area contributed by atoms with Crippen molar-refractivity contribution in [3.63, 3.8) is 0 Å². The molecular weight excluding hydrogens is 579 g/mol. The molecule has 1 rings (SSSR count). The highest BCUT2D eigenvalue weighted by Gasteiger charge is 2.95. The molecule has 1 unspecified atom stereocenters. The number of rotatable bonds is 11. The minimum Gasteiger partial charge on any atom is -0.385 e. The van der Waals surface area contributed by atoms with Crippen molar-refractivity contribution in [2.75, 3.05) is 0 Å². The molecule has 0 saturated carbocycles. The number of aryl methyl sites for hydroxylation is 1. The summed E-state index contributed by atoms with van der Waals surface area (Å²) in [6.45, 7) is 1.97. The average molecular weight is 596 g/mol. The number of halogens is 17. The van der Waals surface area contributed by atoms with E-state index in [0.717, 1.165) is 24.3 Å². The van der Waals surface area contributed by atoms with Gasteiger partial charge in [-0.3, -0.25) is 0 Å². The monoisotopic (exact) mass is 596 g/mol. The molecule has 1 aromatic carbocycles. The van der Waals surface area contributed by atoms with Crippen molar-refractivity contribution in [2.45, 2.75) is 86.3 Å². The fraction of sp³-hybridized carbons (Fsp3) is 0.700. The number of benzene rings is 1. The van der Waals surface area contributed by atoms with Crippen LogP contribution in [0.25, 0.3) is 0 Å². The molecule has 0 aliphatic rings. The normalized spacial score (nSPS) is 16.9. The van der Waals surface area contributed by atoms with Gasteiger partial charge in [-0.05, 0) is 24.5 Å². The second-order valence-electron chi connectivity index (χ2n) is 8.55. The summed E-state index contributed by atoms with van der Waals surface area (Å²) >= 11 is 0. The predicted molar refractivity (Wildman–Crippen MR) is 95.3 cm³/mol. The Hall–Kier alpha value is -2.01. The highest BCUT2D eigenvalue weighted by Crippen LogP contribution is 2.64. The average Bonchev–Trinajstić information content (AvgIpc) is 2.72. The van der Waals surface area contributed by atoms with E-state index in [1.54, 1.807) is 6.92 Å². The van der Waals surface area contributed by atoms with Gasteiger partial charge in [-0.2, -0.15) is 74.6 Å². The van der Waals surface area contributed by atoms with Gasteiger partial charge in [0.1, 0.15) is 0 Å². The Morgan fingerprint density at radius 2 is 0.895 bits per heavy atom. The molecule has 1 nitrogen and oxygen atoms in total. The largest absolute Gasteiger partial charge is 0.460 e. The first kappa shape index (κ1) is 34.0. The van der Waals surface area contributed by atoms with Gasteiger partial charge >= 0.3 is 47.6 Å². The molecule has 0 amide bonds. The Kier molecular flexibility index (Phi) is 8.57. The molecule has 38 heavy (non-hydrogen) atoms. The Morgan fingerprint density at radius 1 is 0.553 bits per heavy atom. The van der Waals surface area contributed by atoms with E-state index in [1.807, 2.05) is 0 Å². The van der Waals surface area contributed by atoms with Gasteiger partial charge in [0, 0.05) is 0 Å². The van der Waals surface area contributed by atoms with Crippen molar-refractivity contribution in [3.8, 4) is 0 Å². The molecule has 0 radical (unpaired) electrons. The van der Waals surface area contributed by atoms with Crippen LogP contribution in [-0.4, -0.2) is 52.7 Å². The molecule has 0 saturated heterocycles. The zero-order valence-corrected chi connectivity index (χ0v) is 18.8. The molecule has 0 aliphatic heterocycles. The van der Waals surface area contributed by atoms with E-state index >= 15 is 0 Å². The van der Waals surface area contributed by atoms with E-state index in [9.17, 15) is 79.7 Å². The first-order chi connectivity index (χ1) is 16.5. The maximum absolute atomic E-state index is 14.2. The van der Waals surface area contributed by atoms with Crippen LogP contribution >= 0.6 is 0 Å². The molecule has 1 N–H and O–H groups in total.